The Balaban J connectivity index is 0.00000128. The second-order valence-corrected chi connectivity index (χ2v) is 3.59. The predicted octanol–water partition coefficient (Wildman–Crippen LogP) is 0.493. The molecule has 6 heteroatoms. The van der Waals surface area contributed by atoms with Crippen molar-refractivity contribution in [2.24, 2.45) is 0 Å². The fourth-order valence-corrected chi connectivity index (χ4v) is 1.45. The largest absolute Gasteiger partial charge is 0.310 e. The summed E-state index contributed by atoms with van der Waals surface area (Å²) in [4.78, 5) is 1.42. The third kappa shape index (κ3) is 2.81. The number of nitrogens with zero attached hydrogens (tertiary/aromatic N) is 4. The number of halogens is 1. The van der Waals surface area contributed by atoms with Crippen LogP contribution >= 0.6 is 12.4 Å². The van der Waals surface area contributed by atoms with Crippen molar-refractivity contribution >= 4 is 18.0 Å². The van der Waals surface area contributed by atoms with Gasteiger partial charge in [0.15, 0.2) is 0 Å². The molecule has 0 radical (unpaired) electrons. The lowest BCUT2D eigenvalue weighted by atomic mass is 10.1. The third-order valence-electron chi connectivity index (χ3n) is 2.33. The summed E-state index contributed by atoms with van der Waals surface area (Å²) < 4.78 is 0. The summed E-state index contributed by atoms with van der Waals surface area (Å²) in [5.74, 6) is 3.14. The highest BCUT2D eigenvalue weighted by molar-refractivity contribution is 5.85. The van der Waals surface area contributed by atoms with Crippen LogP contribution in [0.3, 0.4) is 0 Å². The molecule has 86 valence electrons. The van der Waals surface area contributed by atoms with Crippen molar-refractivity contribution < 1.29 is 0 Å². The Morgan fingerprint density at radius 1 is 1.69 bits per heavy atom. The van der Waals surface area contributed by atoms with Gasteiger partial charge in [0, 0.05) is 18.2 Å². The van der Waals surface area contributed by atoms with Crippen molar-refractivity contribution in [3.8, 4) is 12.3 Å². The van der Waals surface area contributed by atoms with Gasteiger partial charge in [-0.3, -0.25) is 0 Å². The van der Waals surface area contributed by atoms with Gasteiger partial charge in [0.2, 0.25) is 5.82 Å². The molecule has 1 aromatic heterocycles. The van der Waals surface area contributed by atoms with Gasteiger partial charge in [-0.15, -0.1) is 29.0 Å². The summed E-state index contributed by atoms with van der Waals surface area (Å²) in [5, 5.41) is 15.4. The zero-order valence-electron chi connectivity index (χ0n) is 9.05. The number of hydrogen-bond donors (Lipinski definition) is 1. The van der Waals surface area contributed by atoms with Gasteiger partial charge in [0.25, 0.3) is 0 Å². The van der Waals surface area contributed by atoms with Crippen LogP contribution in [0.25, 0.3) is 5.57 Å². The molecule has 1 aliphatic rings. The van der Waals surface area contributed by atoms with Crippen LogP contribution in [0.1, 0.15) is 19.2 Å². The summed E-state index contributed by atoms with van der Waals surface area (Å²) in [5.41, 5.74) is 1.09. The zero-order valence-corrected chi connectivity index (χ0v) is 9.87. The van der Waals surface area contributed by atoms with E-state index in [0.717, 1.165) is 18.5 Å². The van der Waals surface area contributed by atoms with Gasteiger partial charge >= 0.3 is 0 Å². The van der Waals surface area contributed by atoms with E-state index in [1.807, 2.05) is 0 Å². The number of aromatic nitrogens is 4. The van der Waals surface area contributed by atoms with E-state index in [1.165, 1.54) is 4.80 Å². The topological polar surface area (TPSA) is 55.6 Å². The Bertz CT molecular complexity index is 417. The van der Waals surface area contributed by atoms with Gasteiger partial charge in [0.1, 0.15) is 6.54 Å². The van der Waals surface area contributed by atoms with Gasteiger partial charge < -0.3 is 5.32 Å². The van der Waals surface area contributed by atoms with E-state index in [4.69, 9.17) is 6.42 Å². The van der Waals surface area contributed by atoms with Gasteiger partial charge in [-0.1, -0.05) is 12.0 Å². The lowest BCUT2D eigenvalue weighted by Crippen LogP contribution is -2.30. The van der Waals surface area contributed by atoms with E-state index >= 15 is 0 Å². The average molecular weight is 240 g/mol. The molecule has 2 rings (SSSR count). The maximum atomic E-state index is 5.16. The van der Waals surface area contributed by atoms with Gasteiger partial charge in [0.05, 0.1) is 0 Å². The maximum Gasteiger partial charge on any atom is 0.201 e. The average Bonchev–Trinajstić information content (AvgIpc) is 2.68. The first-order chi connectivity index (χ1) is 7.29. The standard InChI is InChI=1S/C10H13N5.ClH/c1-3-6-15-13-10(12-14-15)9-5-4-8(2)11-7-9;/h1,5,8,11H,4,6-7H2,2H3;1H. The second kappa shape index (κ2) is 5.64. The van der Waals surface area contributed by atoms with Gasteiger partial charge in [-0.05, 0) is 18.6 Å². The number of nitrogens with one attached hydrogen (secondary N) is 1. The lowest BCUT2D eigenvalue weighted by Gasteiger charge is -2.17. The SMILES string of the molecule is C#CCn1nnc(C2=CCC(C)NC2)n1.Cl. The summed E-state index contributed by atoms with van der Waals surface area (Å²) >= 11 is 0. The minimum atomic E-state index is 0. The highest BCUT2D eigenvalue weighted by Crippen LogP contribution is 2.13. The molecule has 0 saturated heterocycles. The molecule has 1 aromatic rings. The first-order valence-corrected chi connectivity index (χ1v) is 4.93. The van der Waals surface area contributed by atoms with Crippen LogP contribution in [0.5, 0.6) is 0 Å². The number of hydrogen-bond acceptors (Lipinski definition) is 4. The smallest absolute Gasteiger partial charge is 0.201 e. The van der Waals surface area contributed by atoms with Crippen molar-refractivity contribution in [2.45, 2.75) is 25.9 Å². The van der Waals surface area contributed by atoms with E-state index in [1.54, 1.807) is 0 Å². The monoisotopic (exact) mass is 239 g/mol. The van der Waals surface area contributed by atoms with E-state index in [0.29, 0.717) is 18.4 Å². The van der Waals surface area contributed by atoms with E-state index < -0.39 is 0 Å². The highest BCUT2D eigenvalue weighted by atomic mass is 35.5. The molecule has 0 fully saturated rings. The maximum absolute atomic E-state index is 5.16. The van der Waals surface area contributed by atoms with Crippen LogP contribution in [-0.4, -0.2) is 32.8 Å². The predicted molar refractivity (Wildman–Crippen MR) is 64.0 cm³/mol. The van der Waals surface area contributed by atoms with Crippen molar-refractivity contribution in [1.82, 2.24) is 25.5 Å². The first-order valence-electron chi connectivity index (χ1n) is 4.93. The van der Waals surface area contributed by atoms with Crippen LogP contribution in [0.2, 0.25) is 0 Å². The molecule has 0 aromatic carbocycles. The van der Waals surface area contributed by atoms with Gasteiger partial charge in [-0.2, -0.15) is 4.80 Å². The molecular formula is C10H14ClN5. The molecule has 0 bridgehead atoms. The fourth-order valence-electron chi connectivity index (χ4n) is 1.45. The van der Waals surface area contributed by atoms with Crippen molar-refractivity contribution in [3.63, 3.8) is 0 Å². The normalized spacial score (nSPS) is 19.5. The van der Waals surface area contributed by atoms with Gasteiger partial charge in [-0.25, -0.2) is 0 Å². The summed E-state index contributed by atoms with van der Waals surface area (Å²) in [6.07, 6.45) is 8.31. The molecule has 0 saturated carbocycles. The molecule has 1 aliphatic heterocycles. The molecule has 2 heterocycles. The third-order valence-corrected chi connectivity index (χ3v) is 2.33. The van der Waals surface area contributed by atoms with Crippen LogP contribution in [-0.2, 0) is 6.54 Å². The van der Waals surface area contributed by atoms with Crippen LogP contribution in [0.4, 0.5) is 0 Å². The van der Waals surface area contributed by atoms with E-state index in [2.05, 4.69) is 39.6 Å². The molecule has 0 amide bonds. The van der Waals surface area contributed by atoms with Crippen molar-refractivity contribution in [3.05, 3.63) is 11.9 Å². The van der Waals surface area contributed by atoms with Crippen LogP contribution < -0.4 is 5.32 Å². The minimum Gasteiger partial charge on any atom is -0.310 e. The van der Waals surface area contributed by atoms with Crippen molar-refractivity contribution in [2.75, 3.05) is 6.54 Å². The molecule has 0 aliphatic carbocycles. The Hall–Kier alpha value is -1.38. The summed E-state index contributed by atoms with van der Waals surface area (Å²) in [6, 6.07) is 0.523. The van der Waals surface area contributed by atoms with Crippen LogP contribution in [0.15, 0.2) is 6.08 Å². The minimum absolute atomic E-state index is 0. The van der Waals surface area contributed by atoms with Crippen LogP contribution in [0, 0.1) is 12.3 Å². The summed E-state index contributed by atoms with van der Waals surface area (Å²) in [6.45, 7) is 3.31. The summed E-state index contributed by atoms with van der Waals surface area (Å²) in [7, 11) is 0. The molecular weight excluding hydrogens is 226 g/mol. The van der Waals surface area contributed by atoms with E-state index in [-0.39, 0.29) is 12.4 Å². The molecule has 1 atom stereocenters. The molecule has 1 unspecified atom stereocenters. The Labute approximate surface area is 101 Å². The Morgan fingerprint density at radius 3 is 3.12 bits per heavy atom. The van der Waals surface area contributed by atoms with Crippen molar-refractivity contribution in [1.29, 1.82) is 0 Å². The highest BCUT2D eigenvalue weighted by Gasteiger charge is 2.14. The van der Waals surface area contributed by atoms with E-state index in [9.17, 15) is 0 Å². The number of rotatable bonds is 2. The first kappa shape index (κ1) is 12.7. The zero-order chi connectivity index (χ0) is 10.7. The molecule has 5 nitrogen and oxygen atoms in total. The second-order valence-electron chi connectivity index (χ2n) is 3.59. The molecule has 0 spiro atoms. The number of tetrazole rings is 1. The molecule has 16 heavy (non-hydrogen) atoms. The Kier molecular flexibility index (Phi) is 4.47. The lowest BCUT2D eigenvalue weighted by molar-refractivity contribution is 0.574. The fraction of sp³-hybridized carbons (Fsp3) is 0.500. The molecule has 1 N–H and O–H groups in total. The number of terminal acetylenes is 1. The quantitative estimate of drug-likeness (QED) is 0.764. The Morgan fingerprint density at radius 2 is 2.50 bits per heavy atom.